The molecule has 2 saturated carbocycles. The van der Waals surface area contributed by atoms with E-state index in [1.807, 2.05) is 24.3 Å². The zero-order valence-electron chi connectivity index (χ0n) is 13.6. The summed E-state index contributed by atoms with van der Waals surface area (Å²) in [5.41, 5.74) is 1.83. The summed E-state index contributed by atoms with van der Waals surface area (Å²) >= 11 is 0. The molecule has 0 amide bonds. The quantitative estimate of drug-likeness (QED) is 0.870. The van der Waals surface area contributed by atoms with Crippen LogP contribution in [0.3, 0.4) is 0 Å². The van der Waals surface area contributed by atoms with Gasteiger partial charge in [0.1, 0.15) is 12.7 Å². The standard InChI is InChI=1S/C17H22N4O2S/c22-24(23,11-17-6-4-14(9-17)5-7-17)20-10-15-2-1-3-16(8-15)21-13-18-12-19-21/h1-3,8,12-14,20H,4-7,9-11H2. The molecule has 2 aliphatic rings. The van der Waals surface area contributed by atoms with E-state index >= 15 is 0 Å². The van der Waals surface area contributed by atoms with E-state index in [1.165, 1.54) is 19.2 Å². The van der Waals surface area contributed by atoms with Gasteiger partial charge in [0.05, 0.1) is 11.4 Å². The maximum atomic E-state index is 12.5. The molecule has 2 aromatic rings. The van der Waals surface area contributed by atoms with Crippen molar-refractivity contribution in [3.8, 4) is 5.69 Å². The number of nitrogens with one attached hydrogen (secondary N) is 1. The summed E-state index contributed by atoms with van der Waals surface area (Å²) in [6.07, 6.45) is 8.74. The van der Waals surface area contributed by atoms with Crippen molar-refractivity contribution < 1.29 is 8.42 Å². The minimum atomic E-state index is -3.26. The van der Waals surface area contributed by atoms with Crippen LogP contribution >= 0.6 is 0 Å². The van der Waals surface area contributed by atoms with Crippen molar-refractivity contribution >= 4 is 10.0 Å². The molecule has 0 atom stereocenters. The van der Waals surface area contributed by atoms with Crippen molar-refractivity contribution in [2.45, 2.75) is 38.6 Å². The maximum absolute atomic E-state index is 12.5. The third-order valence-electron chi connectivity index (χ3n) is 5.47. The molecular formula is C17H22N4O2S. The molecule has 0 unspecified atom stereocenters. The smallest absolute Gasteiger partial charge is 0.212 e. The lowest BCUT2D eigenvalue weighted by Crippen LogP contribution is -2.34. The predicted octanol–water partition coefficient (Wildman–Crippen LogP) is 2.27. The largest absolute Gasteiger partial charge is 0.223 e. The van der Waals surface area contributed by atoms with Crippen LogP contribution in [-0.2, 0) is 16.6 Å². The maximum Gasteiger partial charge on any atom is 0.212 e. The Balaban J connectivity index is 1.42. The average molecular weight is 346 g/mol. The fourth-order valence-corrected chi connectivity index (χ4v) is 6.01. The molecule has 7 heteroatoms. The van der Waals surface area contributed by atoms with Crippen molar-refractivity contribution in [2.75, 3.05) is 5.75 Å². The minimum absolute atomic E-state index is 0.0408. The van der Waals surface area contributed by atoms with Gasteiger partial charge in [-0.05, 0) is 61.1 Å². The normalized spacial score (nSPS) is 26.1. The number of sulfonamides is 1. The van der Waals surface area contributed by atoms with Gasteiger partial charge in [-0.3, -0.25) is 0 Å². The van der Waals surface area contributed by atoms with Gasteiger partial charge in [0, 0.05) is 6.54 Å². The van der Waals surface area contributed by atoms with E-state index in [2.05, 4.69) is 14.8 Å². The highest BCUT2D eigenvalue weighted by atomic mass is 32.2. The highest BCUT2D eigenvalue weighted by Gasteiger charge is 2.47. The fourth-order valence-electron chi connectivity index (χ4n) is 4.31. The van der Waals surface area contributed by atoms with Gasteiger partial charge in [-0.15, -0.1) is 0 Å². The zero-order valence-corrected chi connectivity index (χ0v) is 14.4. The molecule has 1 aromatic heterocycles. The van der Waals surface area contributed by atoms with E-state index < -0.39 is 10.0 Å². The van der Waals surface area contributed by atoms with Gasteiger partial charge in [-0.25, -0.2) is 22.8 Å². The first-order chi connectivity index (χ1) is 11.5. The summed E-state index contributed by atoms with van der Waals surface area (Å²) in [4.78, 5) is 3.93. The predicted molar refractivity (Wildman–Crippen MR) is 91.0 cm³/mol. The lowest BCUT2D eigenvalue weighted by Gasteiger charge is -2.26. The molecule has 1 heterocycles. The van der Waals surface area contributed by atoms with E-state index in [1.54, 1.807) is 11.0 Å². The summed E-state index contributed by atoms with van der Waals surface area (Å²) < 4.78 is 29.5. The third-order valence-corrected chi connectivity index (χ3v) is 7.05. The Bertz CT molecular complexity index is 809. The first-order valence-corrected chi connectivity index (χ1v) is 10.1. The van der Waals surface area contributed by atoms with Crippen LogP contribution in [0.5, 0.6) is 0 Å². The molecule has 2 aliphatic carbocycles. The fraction of sp³-hybridized carbons (Fsp3) is 0.529. The third kappa shape index (κ3) is 3.23. The van der Waals surface area contributed by atoms with E-state index in [-0.39, 0.29) is 11.2 Å². The molecule has 0 aliphatic heterocycles. The van der Waals surface area contributed by atoms with Crippen molar-refractivity contribution in [1.29, 1.82) is 0 Å². The Kier molecular flexibility index (Phi) is 3.92. The van der Waals surface area contributed by atoms with Gasteiger partial charge in [-0.1, -0.05) is 12.1 Å². The van der Waals surface area contributed by atoms with Gasteiger partial charge in [0.2, 0.25) is 10.0 Å². The topological polar surface area (TPSA) is 76.9 Å². The molecule has 128 valence electrons. The van der Waals surface area contributed by atoms with Crippen LogP contribution in [0.4, 0.5) is 0 Å². The van der Waals surface area contributed by atoms with E-state index in [4.69, 9.17) is 0 Å². The second-order valence-electron chi connectivity index (χ2n) is 7.24. The number of hydrogen-bond donors (Lipinski definition) is 1. The molecule has 0 radical (unpaired) electrons. The summed E-state index contributed by atoms with van der Waals surface area (Å²) in [7, 11) is -3.26. The van der Waals surface area contributed by atoms with Crippen LogP contribution in [0, 0.1) is 11.3 Å². The molecule has 0 saturated heterocycles. The summed E-state index contributed by atoms with van der Waals surface area (Å²) in [5, 5.41) is 4.10. The van der Waals surface area contributed by atoms with Crippen LogP contribution < -0.4 is 4.72 Å². The Labute approximate surface area is 142 Å². The number of benzene rings is 1. The number of fused-ring (bicyclic) bond motifs is 2. The molecular weight excluding hydrogens is 324 g/mol. The van der Waals surface area contributed by atoms with E-state index in [0.717, 1.165) is 36.4 Å². The Morgan fingerprint density at radius 2 is 2.12 bits per heavy atom. The van der Waals surface area contributed by atoms with E-state index in [0.29, 0.717) is 6.54 Å². The molecule has 4 rings (SSSR count). The minimum Gasteiger partial charge on any atom is -0.223 e. The zero-order chi connectivity index (χ0) is 16.6. The van der Waals surface area contributed by atoms with Crippen molar-refractivity contribution in [3.63, 3.8) is 0 Å². The van der Waals surface area contributed by atoms with Crippen LogP contribution in [0.2, 0.25) is 0 Å². The lowest BCUT2D eigenvalue weighted by atomic mass is 9.87. The van der Waals surface area contributed by atoms with Crippen LogP contribution in [-0.4, -0.2) is 28.9 Å². The van der Waals surface area contributed by atoms with Gasteiger partial charge in [0.25, 0.3) is 0 Å². The van der Waals surface area contributed by atoms with Gasteiger partial charge < -0.3 is 0 Å². The monoisotopic (exact) mass is 346 g/mol. The number of rotatable bonds is 6. The van der Waals surface area contributed by atoms with Gasteiger partial charge >= 0.3 is 0 Å². The molecule has 2 fully saturated rings. The highest BCUT2D eigenvalue weighted by molar-refractivity contribution is 7.89. The molecule has 0 spiro atoms. The van der Waals surface area contributed by atoms with Gasteiger partial charge in [-0.2, -0.15) is 5.10 Å². The average Bonchev–Trinajstić information content (AvgIpc) is 3.29. The molecule has 6 nitrogen and oxygen atoms in total. The first-order valence-electron chi connectivity index (χ1n) is 8.45. The number of hydrogen-bond acceptors (Lipinski definition) is 4. The number of aromatic nitrogens is 3. The molecule has 2 bridgehead atoms. The molecule has 1 N–H and O–H groups in total. The van der Waals surface area contributed by atoms with Crippen molar-refractivity contribution in [3.05, 3.63) is 42.5 Å². The first kappa shape index (κ1) is 15.8. The van der Waals surface area contributed by atoms with E-state index in [9.17, 15) is 8.42 Å². The summed E-state index contributed by atoms with van der Waals surface area (Å²) in [6, 6.07) is 7.67. The summed E-state index contributed by atoms with van der Waals surface area (Å²) in [5.74, 6) is 1.04. The molecule has 1 aromatic carbocycles. The van der Waals surface area contributed by atoms with Crippen LogP contribution in [0.15, 0.2) is 36.9 Å². The van der Waals surface area contributed by atoms with Crippen LogP contribution in [0.25, 0.3) is 5.69 Å². The second kappa shape index (κ2) is 5.97. The Morgan fingerprint density at radius 1 is 1.29 bits per heavy atom. The molecule has 24 heavy (non-hydrogen) atoms. The highest BCUT2D eigenvalue weighted by Crippen LogP contribution is 2.54. The van der Waals surface area contributed by atoms with Crippen LogP contribution in [0.1, 0.15) is 37.7 Å². The SMILES string of the molecule is O=S(=O)(CC12CCC(CC1)C2)NCc1cccc(-n2cncn2)c1. The second-order valence-corrected chi connectivity index (χ2v) is 9.04. The number of nitrogens with zero attached hydrogens (tertiary/aromatic N) is 3. The van der Waals surface area contributed by atoms with Crippen molar-refractivity contribution in [2.24, 2.45) is 11.3 Å². The lowest BCUT2D eigenvalue weighted by molar-refractivity contribution is 0.332. The summed E-state index contributed by atoms with van der Waals surface area (Å²) in [6.45, 7) is 0.310. The van der Waals surface area contributed by atoms with Crippen molar-refractivity contribution in [1.82, 2.24) is 19.5 Å². The Morgan fingerprint density at radius 3 is 2.79 bits per heavy atom. The van der Waals surface area contributed by atoms with Gasteiger partial charge in [0.15, 0.2) is 0 Å². The Hall–Kier alpha value is -1.73.